The van der Waals surface area contributed by atoms with E-state index in [0.29, 0.717) is 11.3 Å². The van der Waals surface area contributed by atoms with E-state index in [1.807, 2.05) is 0 Å². The van der Waals surface area contributed by atoms with E-state index in [4.69, 9.17) is 19.9 Å². The molecule has 0 amide bonds. The van der Waals surface area contributed by atoms with Crippen molar-refractivity contribution >= 4 is 23.6 Å². The fraction of sp³-hybridized carbons (Fsp3) is 0.286. The molecule has 0 aliphatic carbocycles. The van der Waals surface area contributed by atoms with E-state index in [9.17, 15) is 14.4 Å². The van der Waals surface area contributed by atoms with Crippen molar-refractivity contribution < 1.29 is 28.6 Å². The van der Waals surface area contributed by atoms with Crippen LogP contribution in [0, 0.1) is 0 Å². The van der Waals surface area contributed by atoms with Crippen LogP contribution < -0.4 is 11.1 Å². The van der Waals surface area contributed by atoms with Gasteiger partial charge >= 0.3 is 17.9 Å². The largest absolute Gasteiger partial charge is 0.459 e. The third-order valence-electron chi connectivity index (χ3n) is 4.61. The lowest BCUT2D eigenvalue weighted by Crippen LogP contribution is -2.48. The van der Waals surface area contributed by atoms with Gasteiger partial charge < -0.3 is 25.3 Å². The molecule has 2 heterocycles. The maximum absolute atomic E-state index is 13.2. The van der Waals surface area contributed by atoms with Crippen molar-refractivity contribution in [3.8, 4) is 0 Å². The summed E-state index contributed by atoms with van der Waals surface area (Å²) >= 11 is 0. The molecule has 1 aromatic rings. The highest BCUT2D eigenvalue weighted by Crippen LogP contribution is 2.52. The Kier molecular flexibility index (Phi) is 5.19. The summed E-state index contributed by atoms with van der Waals surface area (Å²) in [6.07, 6.45) is 0.919. The van der Waals surface area contributed by atoms with Gasteiger partial charge in [-0.25, -0.2) is 14.4 Å². The summed E-state index contributed by atoms with van der Waals surface area (Å²) < 4.78 is 15.9. The monoisotopic (exact) mass is 398 g/mol. The van der Waals surface area contributed by atoms with Crippen LogP contribution in [-0.2, 0) is 34.0 Å². The Hall–Kier alpha value is -3.55. The normalized spacial score (nSPS) is 20.3. The number of cyclic esters (lactones) is 1. The van der Waals surface area contributed by atoms with Gasteiger partial charge in [0.05, 0.1) is 6.10 Å². The van der Waals surface area contributed by atoms with E-state index in [0.717, 1.165) is 0 Å². The average Bonchev–Trinajstić information content (AvgIpc) is 2.89. The molecule has 0 aromatic heterocycles. The highest BCUT2D eigenvalue weighted by atomic mass is 16.6. The van der Waals surface area contributed by atoms with E-state index in [-0.39, 0.29) is 29.3 Å². The molecule has 0 bridgehead atoms. The molecule has 0 saturated carbocycles. The zero-order chi connectivity index (χ0) is 21.3. The summed E-state index contributed by atoms with van der Waals surface area (Å²) in [5.74, 6) is -2.54. The van der Waals surface area contributed by atoms with Crippen LogP contribution in [-0.4, -0.2) is 30.6 Å². The topological polar surface area (TPSA) is 117 Å². The number of carbonyl (C=O) groups excluding carboxylic acids is 3. The van der Waals surface area contributed by atoms with Gasteiger partial charge in [-0.15, -0.1) is 0 Å². The molecular weight excluding hydrogens is 376 g/mol. The third kappa shape index (κ3) is 3.06. The lowest BCUT2D eigenvalue weighted by molar-refractivity contribution is -0.148. The Balaban J connectivity index is 2.32. The molecule has 1 atom stereocenters. The van der Waals surface area contributed by atoms with Crippen molar-refractivity contribution in [1.29, 1.82) is 0 Å². The van der Waals surface area contributed by atoms with Crippen LogP contribution in [0.2, 0.25) is 0 Å². The summed E-state index contributed by atoms with van der Waals surface area (Å²) in [5.41, 5.74) is 4.75. The standard InChI is InChI=1S/C21H22N2O6/c1-5-10-27-18(24)15-12(4)29-20(26)21(15)13-8-6-7-9-14(13)23-17(22)16(21)19(25)28-11(2)3/h5-9,11,23H,1,10,22H2,2-4H3. The van der Waals surface area contributed by atoms with Gasteiger partial charge in [0.1, 0.15) is 29.3 Å². The Labute approximate surface area is 168 Å². The Morgan fingerprint density at radius 3 is 2.62 bits per heavy atom. The summed E-state index contributed by atoms with van der Waals surface area (Å²) in [6.45, 7) is 8.23. The van der Waals surface area contributed by atoms with E-state index in [1.165, 1.54) is 13.0 Å². The van der Waals surface area contributed by atoms with Crippen LogP contribution in [0.4, 0.5) is 5.69 Å². The second-order valence-electron chi connectivity index (χ2n) is 6.87. The second-order valence-corrected chi connectivity index (χ2v) is 6.87. The van der Waals surface area contributed by atoms with Gasteiger partial charge in [0.25, 0.3) is 0 Å². The van der Waals surface area contributed by atoms with Gasteiger partial charge in [0.2, 0.25) is 0 Å². The molecular formula is C21H22N2O6. The first-order chi connectivity index (χ1) is 13.7. The summed E-state index contributed by atoms with van der Waals surface area (Å²) in [7, 11) is 0. The van der Waals surface area contributed by atoms with Gasteiger partial charge in [-0.1, -0.05) is 30.9 Å². The number of rotatable bonds is 5. The number of hydrogen-bond donors (Lipinski definition) is 2. The zero-order valence-corrected chi connectivity index (χ0v) is 16.4. The molecule has 1 aromatic carbocycles. The van der Waals surface area contributed by atoms with Gasteiger partial charge in [-0.2, -0.15) is 0 Å². The Bertz CT molecular complexity index is 975. The maximum Gasteiger partial charge on any atom is 0.339 e. The van der Waals surface area contributed by atoms with E-state index in [2.05, 4.69) is 11.9 Å². The zero-order valence-electron chi connectivity index (χ0n) is 16.4. The molecule has 152 valence electrons. The summed E-state index contributed by atoms with van der Waals surface area (Å²) in [6, 6.07) is 6.72. The van der Waals surface area contributed by atoms with E-state index >= 15 is 0 Å². The first-order valence-corrected chi connectivity index (χ1v) is 9.04. The van der Waals surface area contributed by atoms with Crippen LogP contribution in [0.25, 0.3) is 0 Å². The van der Waals surface area contributed by atoms with Gasteiger partial charge in [0, 0.05) is 11.3 Å². The fourth-order valence-electron chi connectivity index (χ4n) is 3.61. The number of fused-ring (bicyclic) bond motifs is 2. The van der Waals surface area contributed by atoms with E-state index in [1.54, 1.807) is 38.1 Å². The maximum atomic E-state index is 13.2. The Morgan fingerprint density at radius 1 is 1.28 bits per heavy atom. The second kappa shape index (κ2) is 7.46. The van der Waals surface area contributed by atoms with Gasteiger partial charge in [-0.05, 0) is 26.8 Å². The molecule has 29 heavy (non-hydrogen) atoms. The summed E-state index contributed by atoms with van der Waals surface area (Å²) in [5, 5.41) is 2.91. The van der Waals surface area contributed by atoms with Gasteiger partial charge in [-0.3, -0.25) is 0 Å². The minimum absolute atomic E-state index is 0.0309. The van der Waals surface area contributed by atoms with Crippen LogP contribution in [0.5, 0.6) is 0 Å². The van der Waals surface area contributed by atoms with Crippen molar-refractivity contribution in [2.24, 2.45) is 5.73 Å². The first-order valence-electron chi connectivity index (χ1n) is 9.04. The van der Waals surface area contributed by atoms with Gasteiger partial charge in [0.15, 0.2) is 5.41 Å². The number of nitrogens with two attached hydrogens (primary N) is 1. The quantitative estimate of drug-likeness (QED) is 0.440. The minimum Gasteiger partial charge on any atom is -0.459 e. The minimum atomic E-state index is -1.90. The molecule has 0 saturated heterocycles. The van der Waals surface area contributed by atoms with Crippen molar-refractivity contribution in [1.82, 2.24) is 0 Å². The molecule has 8 heteroatoms. The molecule has 3 rings (SSSR count). The highest BCUT2D eigenvalue weighted by molar-refractivity contribution is 6.15. The van der Waals surface area contributed by atoms with Crippen LogP contribution >= 0.6 is 0 Å². The van der Waals surface area contributed by atoms with Crippen molar-refractivity contribution in [2.75, 3.05) is 11.9 Å². The SMILES string of the molecule is C=CCOC(=O)C1=C(C)OC(=O)C12C(C(=O)OC(C)C)=C(N)Nc1ccccc12. The number of esters is 3. The molecule has 2 aliphatic heterocycles. The molecule has 8 nitrogen and oxygen atoms in total. The van der Waals surface area contributed by atoms with E-state index < -0.39 is 29.4 Å². The third-order valence-corrected chi connectivity index (χ3v) is 4.61. The van der Waals surface area contributed by atoms with Crippen LogP contribution in [0.1, 0.15) is 26.3 Å². The number of anilines is 1. The molecule has 2 aliphatic rings. The number of ether oxygens (including phenoxy) is 3. The van der Waals surface area contributed by atoms with Crippen molar-refractivity contribution in [3.05, 3.63) is 65.2 Å². The Morgan fingerprint density at radius 2 is 1.97 bits per heavy atom. The van der Waals surface area contributed by atoms with Crippen LogP contribution in [0.3, 0.4) is 0 Å². The predicted octanol–water partition coefficient (Wildman–Crippen LogP) is 2.03. The lowest BCUT2D eigenvalue weighted by Gasteiger charge is -2.36. The molecule has 0 fully saturated rings. The predicted molar refractivity (Wildman–Crippen MR) is 104 cm³/mol. The number of hydrogen-bond acceptors (Lipinski definition) is 8. The smallest absolute Gasteiger partial charge is 0.339 e. The van der Waals surface area contributed by atoms with Crippen LogP contribution in [0.15, 0.2) is 59.6 Å². The lowest BCUT2D eigenvalue weighted by atomic mass is 9.67. The van der Waals surface area contributed by atoms with Crippen molar-refractivity contribution in [2.45, 2.75) is 32.3 Å². The molecule has 0 radical (unpaired) electrons. The number of carbonyl (C=O) groups is 3. The number of para-hydroxylation sites is 1. The van der Waals surface area contributed by atoms with Crippen molar-refractivity contribution in [3.63, 3.8) is 0 Å². The number of allylic oxidation sites excluding steroid dienone is 1. The summed E-state index contributed by atoms with van der Waals surface area (Å²) in [4.78, 5) is 39.2. The molecule has 1 spiro atoms. The fourth-order valence-corrected chi connectivity index (χ4v) is 3.61. The first kappa shape index (κ1) is 20.2. The molecule has 3 N–H and O–H groups in total. The highest BCUT2D eigenvalue weighted by Gasteiger charge is 2.62. The average molecular weight is 398 g/mol. The molecule has 1 unspecified atom stereocenters. The number of nitrogens with one attached hydrogen (secondary N) is 1. The number of benzene rings is 1.